The minimum Gasteiger partial charge on any atom is -0.497 e. The van der Waals surface area contributed by atoms with Gasteiger partial charge in [0.2, 0.25) is 17.6 Å². The normalized spacial score (nSPS) is 13.3. The Morgan fingerprint density at radius 2 is 1.74 bits per heavy atom. The third kappa shape index (κ3) is 5.14. The zero-order chi connectivity index (χ0) is 21.6. The molecule has 1 aromatic heterocycles. The number of amides is 1. The van der Waals surface area contributed by atoms with Gasteiger partial charge in [0.15, 0.2) is 0 Å². The lowest BCUT2D eigenvalue weighted by Crippen LogP contribution is -2.17. The molecule has 2 aromatic carbocycles. The average Bonchev–Trinajstić information content (AvgIpc) is 3.50. The largest absolute Gasteiger partial charge is 0.497 e. The Morgan fingerprint density at radius 3 is 2.39 bits per heavy atom. The molecule has 8 heteroatoms. The highest BCUT2D eigenvalue weighted by Gasteiger charge is 2.14. The van der Waals surface area contributed by atoms with Gasteiger partial charge < -0.3 is 24.2 Å². The minimum absolute atomic E-state index is 0.162. The van der Waals surface area contributed by atoms with Crippen LogP contribution in [0.5, 0.6) is 11.5 Å². The summed E-state index contributed by atoms with van der Waals surface area (Å²) in [5, 5.41) is 6.90. The third-order valence-corrected chi connectivity index (χ3v) is 5.27. The third-order valence-electron chi connectivity index (χ3n) is 5.27. The van der Waals surface area contributed by atoms with Crippen LogP contribution in [0.1, 0.15) is 25.2 Å². The van der Waals surface area contributed by atoms with Crippen LogP contribution in [-0.4, -0.2) is 43.4 Å². The van der Waals surface area contributed by atoms with Gasteiger partial charge in [-0.3, -0.25) is 4.79 Å². The number of hydrogen-bond donors (Lipinski definition) is 1. The van der Waals surface area contributed by atoms with Crippen LogP contribution < -0.4 is 19.7 Å². The van der Waals surface area contributed by atoms with Gasteiger partial charge in [0.1, 0.15) is 11.5 Å². The number of benzene rings is 2. The fourth-order valence-electron chi connectivity index (χ4n) is 3.59. The lowest BCUT2D eigenvalue weighted by atomic mass is 10.2. The molecule has 0 atom stereocenters. The Morgan fingerprint density at radius 1 is 1.06 bits per heavy atom. The summed E-state index contributed by atoms with van der Waals surface area (Å²) in [7, 11) is 3.13. The van der Waals surface area contributed by atoms with Crippen molar-refractivity contribution in [2.24, 2.45) is 0 Å². The van der Waals surface area contributed by atoms with Gasteiger partial charge in [-0.2, -0.15) is 4.98 Å². The number of methoxy groups -OCH3 is 2. The van der Waals surface area contributed by atoms with E-state index in [2.05, 4.69) is 32.5 Å². The van der Waals surface area contributed by atoms with Crippen molar-refractivity contribution < 1.29 is 18.8 Å². The summed E-state index contributed by atoms with van der Waals surface area (Å²) in [6.45, 7) is 2.21. The molecular weight excluding hydrogens is 396 g/mol. The van der Waals surface area contributed by atoms with Crippen molar-refractivity contribution in [3.8, 4) is 22.9 Å². The van der Waals surface area contributed by atoms with E-state index >= 15 is 0 Å². The molecule has 0 bridgehead atoms. The van der Waals surface area contributed by atoms with Crippen LogP contribution >= 0.6 is 0 Å². The molecule has 2 heterocycles. The van der Waals surface area contributed by atoms with Gasteiger partial charge in [-0.05, 0) is 37.1 Å². The summed E-state index contributed by atoms with van der Waals surface area (Å²) in [6.07, 6.45) is 3.06. The number of anilines is 2. The number of carbonyl (C=O) groups is 1. The number of aryl methyl sites for hydroxylation is 1. The molecule has 0 radical (unpaired) electrons. The number of nitrogens with one attached hydrogen (secondary N) is 1. The number of hydrogen-bond acceptors (Lipinski definition) is 7. The molecule has 0 spiro atoms. The fourth-order valence-corrected chi connectivity index (χ4v) is 3.59. The van der Waals surface area contributed by atoms with Gasteiger partial charge >= 0.3 is 0 Å². The minimum atomic E-state index is -0.162. The summed E-state index contributed by atoms with van der Waals surface area (Å²) in [5.74, 6) is 2.00. The molecule has 1 amide bonds. The van der Waals surface area contributed by atoms with Crippen LogP contribution in [0.2, 0.25) is 0 Å². The lowest BCUT2D eigenvalue weighted by molar-refractivity contribution is -0.116. The molecular formula is C23H26N4O4. The smallest absolute Gasteiger partial charge is 0.227 e. The van der Waals surface area contributed by atoms with E-state index in [1.54, 1.807) is 32.4 Å². The molecule has 1 N–H and O–H groups in total. The molecule has 4 rings (SSSR count). The maximum atomic E-state index is 12.3. The first kappa shape index (κ1) is 20.7. The summed E-state index contributed by atoms with van der Waals surface area (Å²) >= 11 is 0. The Labute approximate surface area is 181 Å². The van der Waals surface area contributed by atoms with Gasteiger partial charge in [-0.1, -0.05) is 5.16 Å². The summed E-state index contributed by atoms with van der Waals surface area (Å²) < 4.78 is 15.8. The maximum Gasteiger partial charge on any atom is 0.227 e. The molecule has 1 fully saturated rings. The van der Waals surface area contributed by atoms with Crippen molar-refractivity contribution >= 4 is 17.3 Å². The van der Waals surface area contributed by atoms with Crippen LogP contribution in [0, 0.1) is 0 Å². The van der Waals surface area contributed by atoms with Crippen LogP contribution in [0.25, 0.3) is 11.4 Å². The Kier molecular flexibility index (Phi) is 6.35. The number of nitrogens with zero attached hydrogens (tertiary/aromatic N) is 3. The van der Waals surface area contributed by atoms with Gasteiger partial charge in [-0.25, -0.2) is 0 Å². The molecule has 0 unspecified atom stereocenters. The standard InChI is InChI=1S/C23H26N4O4/c1-29-19-13-17(14-20(15-19)30-2)24-21(28)9-10-22-25-23(26-31-22)16-5-7-18(8-6-16)27-11-3-4-12-27/h5-8,13-15H,3-4,9-12H2,1-2H3,(H,24,28). The zero-order valence-electron chi connectivity index (χ0n) is 17.8. The van der Waals surface area contributed by atoms with Gasteiger partial charge in [0.05, 0.1) is 14.2 Å². The molecule has 1 aliphatic heterocycles. The molecule has 31 heavy (non-hydrogen) atoms. The molecule has 1 saturated heterocycles. The molecule has 3 aromatic rings. The molecule has 0 aliphatic carbocycles. The van der Waals surface area contributed by atoms with E-state index in [1.165, 1.54) is 18.5 Å². The number of aromatic nitrogens is 2. The fraction of sp³-hybridized carbons (Fsp3) is 0.348. The molecule has 0 saturated carbocycles. The number of ether oxygens (including phenoxy) is 2. The second kappa shape index (κ2) is 9.51. The van der Waals surface area contributed by atoms with Gasteiger partial charge in [-0.15, -0.1) is 0 Å². The van der Waals surface area contributed by atoms with Crippen LogP contribution in [0.4, 0.5) is 11.4 Å². The second-order valence-corrected chi connectivity index (χ2v) is 7.40. The highest BCUT2D eigenvalue weighted by atomic mass is 16.5. The van der Waals surface area contributed by atoms with Crippen molar-refractivity contribution in [1.29, 1.82) is 0 Å². The van der Waals surface area contributed by atoms with E-state index in [-0.39, 0.29) is 12.3 Å². The van der Waals surface area contributed by atoms with E-state index < -0.39 is 0 Å². The second-order valence-electron chi connectivity index (χ2n) is 7.40. The van der Waals surface area contributed by atoms with Crippen molar-refractivity contribution in [2.45, 2.75) is 25.7 Å². The maximum absolute atomic E-state index is 12.3. The molecule has 8 nitrogen and oxygen atoms in total. The first-order valence-electron chi connectivity index (χ1n) is 10.4. The Hall–Kier alpha value is -3.55. The highest BCUT2D eigenvalue weighted by molar-refractivity contribution is 5.91. The van der Waals surface area contributed by atoms with Crippen molar-refractivity contribution in [1.82, 2.24) is 10.1 Å². The molecule has 1 aliphatic rings. The first-order valence-corrected chi connectivity index (χ1v) is 10.4. The van der Waals surface area contributed by atoms with E-state index in [0.717, 1.165) is 18.7 Å². The number of carbonyl (C=O) groups excluding carboxylic acids is 1. The van der Waals surface area contributed by atoms with E-state index in [1.807, 2.05) is 12.1 Å². The van der Waals surface area contributed by atoms with Crippen LogP contribution in [0.3, 0.4) is 0 Å². The van der Waals surface area contributed by atoms with E-state index in [9.17, 15) is 4.79 Å². The van der Waals surface area contributed by atoms with Crippen molar-refractivity contribution in [3.63, 3.8) is 0 Å². The highest BCUT2D eigenvalue weighted by Crippen LogP contribution is 2.26. The van der Waals surface area contributed by atoms with Gasteiger partial charge in [0.25, 0.3) is 0 Å². The van der Waals surface area contributed by atoms with Gasteiger partial charge in [0, 0.05) is 61.1 Å². The van der Waals surface area contributed by atoms with Crippen molar-refractivity contribution in [2.75, 3.05) is 37.5 Å². The SMILES string of the molecule is COc1cc(NC(=O)CCc2nc(-c3ccc(N4CCCC4)cc3)no2)cc(OC)c1. The number of rotatable bonds is 8. The monoisotopic (exact) mass is 422 g/mol. The van der Waals surface area contributed by atoms with E-state index in [0.29, 0.717) is 35.3 Å². The quantitative estimate of drug-likeness (QED) is 0.588. The summed E-state index contributed by atoms with van der Waals surface area (Å²) in [6, 6.07) is 13.4. The first-order chi connectivity index (χ1) is 15.1. The Bertz CT molecular complexity index is 1000. The molecule has 162 valence electrons. The topological polar surface area (TPSA) is 89.7 Å². The summed E-state index contributed by atoms with van der Waals surface area (Å²) in [4.78, 5) is 19.1. The predicted molar refractivity (Wildman–Crippen MR) is 118 cm³/mol. The Balaban J connectivity index is 1.33. The van der Waals surface area contributed by atoms with Crippen LogP contribution in [0.15, 0.2) is 47.0 Å². The zero-order valence-corrected chi connectivity index (χ0v) is 17.8. The van der Waals surface area contributed by atoms with E-state index in [4.69, 9.17) is 14.0 Å². The van der Waals surface area contributed by atoms with Crippen LogP contribution in [-0.2, 0) is 11.2 Å². The lowest BCUT2D eigenvalue weighted by Gasteiger charge is -2.17. The predicted octanol–water partition coefficient (Wildman–Crippen LogP) is 3.93. The van der Waals surface area contributed by atoms with Crippen molar-refractivity contribution in [3.05, 3.63) is 48.4 Å². The summed E-state index contributed by atoms with van der Waals surface area (Å²) in [5.41, 5.74) is 2.71. The average molecular weight is 422 g/mol.